The van der Waals surface area contributed by atoms with Crippen molar-refractivity contribution < 1.29 is 37.7 Å². The van der Waals surface area contributed by atoms with E-state index >= 15 is 0 Å². The van der Waals surface area contributed by atoms with E-state index < -0.39 is 33.3 Å². The largest absolute Gasteiger partial charge is 0.507 e. The molecule has 2 aromatic rings. The van der Waals surface area contributed by atoms with Crippen molar-refractivity contribution in [3.63, 3.8) is 0 Å². The Morgan fingerprint density at radius 3 is 1.20 bits per heavy atom. The van der Waals surface area contributed by atoms with Gasteiger partial charge in [-0.1, -0.05) is 81.4 Å². The third-order valence-corrected chi connectivity index (χ3v) is 10.8. The topological polar surface area (TPSA) is 127 Å². The van der Waals surface area contributed by atoms with Crippen LogP contribution < -0.4 is 0 Å². The molecule has 2 rings (SSSR count). The summed E-state index contributed by atoms with van der Waals surface area (Å²) in [4.78, 5) is 25.1. The van der Waals surface area contributed by atoms with Gasteiger partial charge in [0, 0.05) is 11.1 Å². The van der Waals surface area contributed by atoms with Crippen LogP contribution in [0.1, 0.15) is 139 Å². The Morgan fingerprint density at radius 2 is 0.918 bits per heavy atom. The Hall–Kier alpha value is -3.07. The first kappa shape index (κ1) is 42.1. The summed E-state index contributed by atoms with van der Waals surface area (Å²) in [5, 5.41) is 22.1. The number of phenols is 2. The zero-order valence-electron chi connectivity index (χ0n) is 32.6. The Labute approximate surface area is 295 Å². The van der Waals surface area contributed by atoms with Crippen LogP contribution in [-0.2, 0) is 52.9 Å². The molecule has 0 unspecified atom stereocenters. The first-order valence-electron chi connectivity index (χ1n) is 17.2. The van der Waals surface area contributed by atoms with Crippen LogP contribution in [0.25, 0.3) is 0 Å². The monoisotopic (exact) mass is 702 g/mol. The first-order chi connectivity index (χ1) is 22.1. The predicted octanol–water partition coefficient (Wildman–Crippen LogP) is 8.74. The van der Waals surface area contributed by atoms with Crippen molar-refractivity contribution in [2.45, 2.75) is 147 Å². The van der Waals surface area contributed by atoms with E-state index in [4.69, 9.17) is 9.47 Å². The van der Waals surface area contributed by atoms with Gasteiger partial charge in [-0.2, -0.15) is 0 Å². The van der Waals surface area contributed by atoms with Gasteiger partial charge >= 0.3 is 11.9 Å². The van der Waals surface area contributed by atoms with Gasteiger partial charge in [0.05, 0.1) is 24.3 Å². The molecule has 0 atom stereocenters. The molecular weight excluding hydrogens is 640 g/mol. The van der Waals surface area contributed by atoms with E-state index in [1.807, 2.05) is 26.0 Å². The number of hydrogen-bond donors (Lipinski definition) is 2. The number of phenolic OH excluding ortho intramolecular Hbond substituents is 2. The molecule has 9 heteroatoms. The molecule has 0 amide bonds. The van der Waals surface area contributed by atoms with Crippen molar-refractivity contribution in [2.24, 2.45) is 10.8 Å². The lowest BCUT2D eigenvalue weighted by Crippen LogP contribution is -2.25. The summed E-state index contributed by atoms with van der Waals surface area (Å²) in [6.07, 6.45) is 1.02. The summed E-state index contributed by atoms with van der Waals surface area (Å²) in [7, 11) is -3.74. The molecule has 0 radical (unpaired) electrons. The number of esters is 2. The van der Waals surface area contributed by atoms with Gasteiger partial charge in [-0.3, -0.25) is 9.59 Å². The van der Waals surface area contributed by atoms with E-state index in [2.05, 4.69) is 69.2 Å². The summed E-state index contributed by atoms with van der Waals surface area (Å²) in [6, 6.07) is 3.88. The van der Waals surface area contributed by atoms with Gasteiger partial charge < -0.3 is 19.7 Å². The second-order valence-electron chi connectivity index (χ2n) is 17.6. The second-order valence-corrected chi connectivity index (χ2v) is 19.9. The molecular formula is C40H62O8S. The summed E-state index contributed by atoms with van der Waals surface area (Å²) in [5.74, 6) is -1.91. The van der Waals surface area contributed by atoms with E-state index in [1.165, 1.54) is 0 Å². The number of carbonyl (C=O) groups excluding carboxylic acids is 2. The number of benzene rings is 2. The third-order valence-electron chi connectivity index (χ3n) is 9.19. The maximum atomic E-state index is 12.7. The Bertz CT molecular complexity index is 1520. The Morgan fingerprint density at radius 1 is 0.612 bits per heavy atom. The Kier molecular flexibility index (Phi) is 13.3. The standard InChI is InChI=1S/C40H62O8S/c1-25-19-31(39(11,12)23-37(5,6)7)35(43)27(3)29(25)21-47-33(41)15-17-49(45,46)18-16-34(42)48-22-30-26(2)20-32(36(44)28(30)4)40(13,14)24-38(8,9)10/h19-20,43-44H,15-18,21-24H2,1-14H3. The van der Waals surface area contributed by atoms with Gasteiger partial charge in [0.15, 0.2) is 9.84 Å². The number of sulfone groups is 1. The van der Waals surface area contributed by atoms with Gasteiger partial charge in [-0.15, -0.1) is 0 Å². The molecule has 0 aromatic heterocycles. The van der Waals surface area contributed by atoms with Gasteiger partial charge in [0.1, 0.15) is 24.7 Å². The highest BCUT2D eigenvalue weighted by Gasteiger charge is 2.32. The highest BCUT2D eigenvalue weighted by atomic mass is 32.2. The molecule has 0 aliphatic carbocycles. The number of rotatable bonds is 14. The Balaban J connectivity index is 1.95. The molecule has 0 bridgehead atoms. The minimum atomic E-state index is -3.74. The quantitative estimate of drug-likeness (QED) is 0.187. The fourth-order valence-corrected chi connectivity index (χ4v) is 8.53. The molecule has 276 valence electrons. The molecule has 2 N–H and O–H groups in total. The maximum absolute atomic E-state index is 12.7. The van der Waals surface area contributed by atoms with Gasteiger partial charge in [-0.05, 0) is 95.6 Å². The molecule has 2 aromatic carbocycles. The van der Waals surface area contributed by atoms with Crippen LogP contribution in [0, 0.1) is 38.5 Å². The smallest absolute Gasteiger partial charge is 0.307 e. The van der Waals surface area contributed by atoms with Gasteiger partial charge in [-0.25, -0.2) is 8.42 Å². The lowest BCUT2D eigenvalue weighted by atomic mass is 9.71. The van der Waals surface area contributed by atoms with Gasteiger partial charge in [0.25, 0.3) is 0 Å². The van der Waals surface area contributed by atoms with Crippen molar-refractivity contribution >= 4 is 21.8 Å². The van der Waals surface area contributed by atoms with Crippen molar-refractivity contribution in [2.75, 3.05) is 11.5 Å². The zero-order chi connectivity index (χ0) is 37.9. The van der Waals surface area contributed by atoms with E-state index in [1.54, 1.807) is 13.8 Å². The molecule has 0 spiro atoms. The van der Waals surface area contributed by atoms with Gasteiger partial charge in [0.2, 0.25) is 0 Å². The van der Waals surface area contributed by atoms with E-state index in [0.717, 1.165) is 35.1 Å². The zero-order valence-corrected chi connectivity index (χ0v) is 33.4. The molecule has 0 aliphatic heterocycles. The number of ether oxygens (including phenoxy) is 2. The molecule has 0 aliphatic rings. The highest BCUT2D eigenvalue weighted by molar-refractivity contribution is 7.91. The van der Waals surface area contributed by atoms with Crippen LogP contribution in [0.4, 0.5) is 0 Å². The van der Waals surface area contributed by atoms with Crippen molar-refractivity contribution in [3.8, 4) is 11.5 Å². The fraction of sp³-hybridized carbons (Fsp3) is 0.650. The molecule has 0 fully saturated rings. The minimum Gasteiger partial charge on any atom is -0.507 e. The molecule has 8 nitrogen and oxygen atoms in total. The summed E-state index contributed by atoms with van der Waals surface area (Å²) < 4.78 is 36.2. The van der Waals surface area contributed by atoms with Crippen LogP contribution in [0.5, 0.6) is 11.5 Å². The predicted molar refractivity (Wildman–Crippen MR) is 197 cm³/mol. The van der Waals surface area contributed by atoms with E-state index in [-0.39, 0.29) is 59.2 Å². The minimum absolute atomic E-state index is 0.0617. The number of hydrogen-bond acceptors (Lipinski definition) is 8. The molecule has 0 saturated carbocycles. The molecule has 0 saturated heterocycles. The first-order valence-corrected chi connectivity index (χ1v) is 19.1. The molecule has 49 heavy (non-hydrogen) atoms. The van der Waals surface area contributed by atoms with Crippen molar-refractivity contribution in [3.05, 3.63) is 56.6 Å². The summed E-state index contributed by atoms with van der Waals surface area (Å²) in [6.45, 7) is 28.6. The van der Waals surface area contributed by atoms with Crippen LogP contribution in [0.15, 0.2) is 12.1 Å². The van der Waals surface area contributed by atoms with Crippen LogP contribution in [0.2, 0.25) is 0 Å². The van der Waals surface area contributed by atoms with E-state index in [0.29, 0.717) is 22.3 Å². The van der Waals surface area contributed by atoms with Crippen LogP contribution >= 0.6 is 0 Å². The van der Waals surface area contributed by atoms with Crippen LogP contribution in [-0.4, -0.2) is 42.1 Å². The number of carbonyl (C=O) groups is 2. The summed E-state index contributed by atoms with van der Waals surface area (Å²) in [5.41, 5.74) is 5.67. The number of aryl methyl sites for hydroxylation is 2. The second kappa shape index (κ2) is 15.4. The summed E-state index contributed by atoms with van der Waals surface area (Å²) >= 11 is 0. The van der Waals surface area contributed by atoms with Crippen LogP contribution in [0.3, 0.4) is 0 Å². The lowest BCUT2D eigenvalue weighted by molar-refractivity contribution is -0.145. The SMILES string of the molecule is Cc1cc(C(C)(C)CC(C)(C)C)c(O)c(C)c1COC(=O)CCS(=O)(=O)CCC(=O)OCc1c(C)cc(C(C)(C)CC(C)(C)C)c(O)c1C. The maximum Gasteiger partial charge on any atom is 0.307 e. The number of aromatic hydroxyl groups is 2. The lowest BCUT2D eigenvalue weighted by Gasteiger charge is -2.34. The normalized spacial score (nSPS) is 13.0. The highest BCUT2D eigenvalue weighted by Crippen LogP contribution is 2.44. The fourth-order valence-electron chi connectivity index (χ4n) is 7.37. The third kappa shape index (κ3) is 12.0. The van der Waals surface area contributed by atoms with E-state index in [9.17, 15) is 28.2 Å². The van der Waals surface area contributed by atoms with Crippen molar-refractivity contribution in [1.29, 1.82) is 0 Å². The average molecular weight is 703 g/mol. The molecule has 0 heterocycles. The average Bonchev–Trinajstić information content (AvgIpc) is 2.92. The van der Waals surface area contributed by atoms with Crippen molar-refractivity contribution in [1.82, 2.24) is 0 Å².